The van der Waals surface area contributed by atoms with Gasteiger partial charge in [-0.1, -0.05) is 127 Å². The number of ether oxygens (including phenoxy) is 3. The Bertz CT molecular complexity index is 566. The molecule has 0 atom stereocenters. The Labute approximate surface area is 196 Å². The molecular formula is C28H46O4. The smallest absolute Gasteiger partial charge is 0.306 e. The van der Waals surface area contributed by atoms with Gasteiger partial charge in [0.15, 0.2) is 6.29 Å². The molecule has 0 bridgehead atoms. The van der Waals surface area contributed by atoms with Gasteiger partial charge in [0.2, 0.25) is 0 Å². The summed E-state index contributed by atoms with van der Waals surface area (Å²) < 4.78 is 16.9. The van der Waals surface area contributed by atoms with E-state index in [1.807, 2.05) is 30.3 Å². The highest BCUT2D eigenvalue weighted by atomic mass is 16.7. The summed E-state index contributed by atoms with van der Waals surface area (Å²) in [4.78, 5) is 12.1. The Morgan fingerprint density at radius 1 is 0.750 bits per heavy atom. The van der Waals surface area contributed by atoms with E-state index in [0.29, 0.717) is 19.6 Å². The molecule has 0 radical (unpaired) electrons. The van der Waals surface area contributed by atoms with Gasteiger partial charge in [0.05, 0.1) is 13.2 Å². The van der Waals surface area contributed by atoms with E-state index in [9.17, 15) is 4.79 Å². The third kappa shape index (κ3) is 12.6. The van der Waals surface area contributed by atoms with E-state index in [4.69, 9.17) is 14.2 Å². The maximum Gasteiger partial charge on any atom is 0.306 e. The average molecular weight is 447 g/mol. The molecular weight excluding hydrogens is 400 g/mol. The minimum Gasteiger partial charge on any atom is -0.457 e. The summed E-state index contributed by atoms with van der Waals surface area (Å²) in [6.07, 6.45) is 19.7. The summed E-state index contributed by atoms with van der Waals surface area (Å²) in [6.45, 7) is 3.06. The van der Waals surface area contributed by atoms with Crippen molar-refractivity contribution in [3.05, 3.63) is 35.9 Å². The first-order valence-corrected chi connectivity index (χ1v) is 13.3. The predicted molar refractivity (Wildman–Crippen MR) is 131 cm³/mol. The monoisotopic (exact) mass is 446 g/mol. The zero-order valence-corrected chi connectivity index (χ0v) is 20.4. The average Bonchev–Trinajstić information content (AvgIpc) is 2.82. The van der Waals surface area contributed by atoms with Crippen LogP contribution in [0.4, 0.5) is 0 Å². The fourth-order valence-electron chi connectivity index (χ4n) is 4.24. The molecule has 2 rings (SSSR count). The van der Waals surface area contributed by atoms with Crippen molar-refractivity contribution in [3.63, 3.8) is 0 Å². The highest BCUT2D eigenvalue weighted by Crippen LogP contribution is 2.23. The molecule has 0 unspecified atom stereocenters. The topological polar surface area (TPSA) is 44.8 Å². The van der Waals surface area contributed by atoms with Crippen LogP contribution in [0.3, 0.4) is 0 Å². The summed E-state index contributed by atoms with van der Waals surface area (Å²) in [5.41, 5.74) is 0.995. The molecule has 1 heterocycles. The van der Waals surface area contributed by atoms with Gasteiger partial charge in [-0.3, -0.25) is 4.79 Å². The molecule has 0 saturated carbocycles. The van der Waals surface area contributed by atoms with E-state index in [0.717, 1.165) is 18.4 Å². The minimum absolute atomic E-state index is 0.130. The molecule has 0 spiro atoms. The van der Waals surface area contributed by atoms with E-state index >= 15 is 0 Å². The summed E-state index contributed by atoms with van der Waals surface area (Å²) in [6, 6.07) is 9.85. The van der Waals surface area contributed by atoms with Crippen LogP contribution in [0.2, 0.25) is 0 Å². The lowest BCUT2D eigenvalue weighted by Crippen LogP contribution is -2.35. The van der Waals surface area contributed by atoms with E-state index in [1.165, 1.54) is 83.5 Å². The maximum absolute atomic E-state index is 12.1. The highest BCUT2D eigenvalue weighted by molar-refractivity contribution is 5.69. The molecule has 0 aromatic heterocycles. The Morgan fingerprint density at radius 3 is 1.72 bits per heavy atom. The van der Waals surface area contributed by atoms with Gasteiger partial charge in [0, 0.05) is 12.0 Å². The number of rotatable bonds is 18. The first kappa shape index (κ1) is 26.9. The van der Waals surface area contributed by atoms with Crippen molar-refractivity contribution in [2.75, 3.05) is 13.2 Å². The van der Waals surface area contributed by atoms with E-state index < -0.39 is 0 Å². The van der Waals surface area contributed by atoms with E-state index in [2.05, 4.69) is 6.92 Å². The van der Waals surface area contributed by atoms with Crippen molar-refractivity contribution in [1.82, 2.24) is 0 Å². The normalized spacial score (nSPS) is 18.5. The van der Waals surface area contributed by atoms with Crippen molar-refractivity contribution in [2.45, 2.75) is 122 Å². The minimum atomic E-state index is -0.360. The van der Waals surface area contributed by atoms with Gasteiger partial charge in [-0.25, -0.2) is 0 Å². The Kier molecular flexibility index (Phi) is 15.2. The lowest BCUT2D eigenvalue weighted by Gasteiger charge is -2.29. The lowest BCUT2D eigenvalue weighted by molar-refractivity contribution is -0.229. The fourth-order valence-corrected chi connectivity index (χ4v) is 4.24. The second-order valence-electron chi connectivity index (χ2n) is 9.22. The molecule has 182 valence electrons. The largest absolute Gasteiger partial charge is 0.457 e. The van der Waals surface area contributed by atoms with Crippen molar-refractivity contribution in [3.8, 4) is 0 Å². The van der Waals surface area contributed by atoms with Gasteiger partial charge in [-0.05, 0) is 6.42 Å². The van der Waals surface area contributed by atoms with Crippen LogP contribution in [-0.4, -0.2) is 25.3 Å². The zero-order chi connectivity index (χ0) is 22.7. The second kappa shape index (κ2) is 18.1. The van der Waals surface area contributed by atoms with Gasteiger partial charge in [-0.2, -0.15) is 0 Å². The number of esters is 1. The van der Waals surface area contributed by atoms with Crippen LogP contribution in [0.25, 0.3) is 0 Å². The van der Waals surface area contributed by atoms with Crippen molar-refractivity contribution in [2.24, 2.45) is 0 Å². The predicted octanol–water partition coefficient (Wildman–Crippen LogP) is 7.91. The van der Waals surface area contributed by atoms with Gasteiger partial charge in [0.1, 0.15) is 6.10 Å². The number of unbranched alkanes of at least 4 members (excludes halogenated alkanes) is 14. The molecule has 1 fully saturated rings. The number of benzene rings is 1. The van der Waals surface area contributed by atoms with Crippen LogP contribution in [0, 0.1) is 0 Å². The van der Waals surface area contributed by atoms with Crippen molar-refractivity contribution in [1.29, 1.82) is 0 Å². The molecule has 32 heavy (non-hydrogen) atoms. The van der Waals surface area contributed by atoms with Gasteiger partial charge in [0.25, 0.3) is 0 Å². The molecule has 0 amide bonds. The van der Waals surface area contributed by atoms with Crippen molar-refractivity contribution < 1.29 is 19.0 Å². The molecule has 1 aromatic rings. The molecule has 1 saturated heterocycles. The maximum atomic E-state index is 12.1. The Hall–Kier alpha value is -1.39. The molecule has 4 nitrogen and oxygen atoms in total. The summed E-state index contributed by atoms with van der Waals surface area (Å²) in [5.74, 6) is -0.130. The summed E-state index contributed by atoms with van der Waals surface area (Å²) >= 11 is 0. The number of carbonyl (C=O) groups is 1. The van der Waals surface area contributed by atoms with Crippen LogP contribution in [-0.2, 0) is 19.0 Å². The third-order valence-corrected chi connectivity index (χ3v) is 6.22. The standard InChI is InChI=1S/C28H46O4/c1-2-3-4-5-6-7-8-9-10-11-12-13-14-15-19-22-27(29)32-26-23-30-28(31-24-26)25-20-17-16-18-21-25/h16-18,20-21,26,28H,2-15,19,22-24H2,1H3. The molecule has 1 aromatic carbocycles. The zero-order valence-electron chi connectivity index (χ0n) is 20.4. The van der Waals surface area contributed by atoms with Crippen LogP contribution in [0.15, 0.2) is 30.3 Å². The van der Waals surface area contributed by atoms with Gasteiger partial charge >= 0.3 is 5.97 Å². The van der Waals surface area contributed by atoms with E-state index in [-0.39, 0.29) is 18.4 Å². The molecule has 4 heteroatoms. The lowest BCUT2D eigenvalue weighted by atomic mass is 10.0. The second-order valence-corrected chi connectivity index (χ2v) is 9.22. The molecule has 0 N–H and O–H groups in total. The molecule has 0 aliphatic carbocycles. The quantitative estimate of drug-likeness (QED) is 0.170. The Balaban J connectivity index is 1.34. The third-order valence-electron chi connectivity index (χ3n) is 6.22. The summed E-state index contributed by atoms with van der Waals surface area (Å²) in [5, 5.41) is 0. The van der Waals surface area contributed by atoms with Crippen LogP contribution < -0.4 is 0 Å². The first-order valence-electron chi connectivity index (χ1n) is 13.3. The Morgan fingerprint density at radius 2 is 1.22 bits per heavy atom. The van der Waals surface area contributed by atoms with Gasteiger partial charge in [-0.15, -0.1) is 0 Å². The number of hydrogen-bond donors (Lipinski definition) is 0. The fraction of sp³-hybridized carbons (Fsp3) is 0.750. The summed E-state index contributed by atoms with van der Waals surface area (Å²) in [7, 11) is 0. The molecule has 1 aliphatic heterocycles. The highest BCUT2D eigenvalue weighted by Gasteiger charge is 2.25. The van der Waals surface area contributed by atoms with Gasteiger partial charge < -0.3 is 14.2 Å². The molecule has 1 aliphatic rings. The number of hydrogen-bond acceptors (Lipinski definition) is 4. The first-order chi connectivity index (χ1) is 15.8. The number of carbonyl (C=O) groups excluding carboxylic acids is 1. The SMILES string of the molecule is CCCCCCCCCCCCCCCCCC(=O)OC1COC(c2ccccc2)OC1. The van der Waals surface area contributed by atoms with Crippen LogP contribution in [0.5, 0.6) is 0 Å². The van der Waals surface area contributed by atoms with Crippen molar-refractivity contribution >= 4 is 5.97 Å². The van der Waals surface area contributed by atoms with Crippen LogP contribution in [0.1, 0.15) is 122 Å². The van der Waals surface area contributed by atoms with Crippen LogP contribution >= 0.6 is 0 Å². The van der Waals surface area contributed by atoms with E-state index in [1.54, 1.807) is 0 Å².